The second-order valence-corrected chi connectivity index (χ2v) is 8.37. The molecular weight excluding hydrogens is 216 g/mol. The molecule has 0 aromatic rings. The van der Waals surface area contributed by atoms with E-state index < -0.39 is 9.04 Å². The first-order chi connectivity index (χ1) is 7.30. The van der Waals surface area contributed by atoms with Gasteiger partial charge in [-0.3, -0.25) is 4.79 Å². The minimum Gasteiger partial charge on any atom is -0.417 e. The number of carbonyl (C=O) groups excluding carboxylic acids is 1. The number of ketones is 1. The number of allylic oxidation sites excluding steroid dienone is 1. The molecule has 0 aromatic heterocycles. The third-order valence-corrected chi connectivity index (χ3v) is 3.75. The van der Waals surface area contributed by atoms with E-state index in [1.54, 1.807) is 6.08 Å². The van der Waals surface area contributed by atoms with Gasteiger partial charge in [0.1, 0.15) is 0 Å². The van der Waals surface area contributed by atoms with Gasteiger partial charge in [-0.15, -0.1) is 0 Å². The fourth-order valence-electron chi connectivity index (χ4n) is 2.21. The minimum atomic E-state index is -1.03. The van der Waals surface area contributed by atoms with Crippen LogP contribution in [0.2, 0.25) is 13.1 Å². The van der Waals surface area contributed by atoms with E-state index in [4.69, 9.17) is 4.43 Å². The van der Waals surface area contributed by atoms with E-state index in [0.717, 1.165) is 6.42 Å². The third kappa shape index (κ3) is 3.87. The Morgan fingerprint density at radius 1 is 1.44 bits per heavy atom. The molecule has 3 heteroatoms. The van der Waals surface area contributed by atoms with Crippen LogP contribution in [0, 0.1) is 11.3 Å². The molecule has 2 nitrogen and oxygen atoms in total. The second-order valence-electron chi connectivity index (χ2n) is 6.00. The molecule has 0 saturated carbocycles. The van der Waals surface area contributed by atoms with Crippen molar-refractivity contribution in [2.45, 2.75) is 52.8 Å². The summed E-state index contributed by atoms with van der Waals surface area (Å²) in [6, 6.07) is 0. The van der Waals surface area contributed by atoms with Crippen molar-refractivity contribution in [3.8, 4) is 0 Å². The Labute approximate surface area is 101 Å². The molecule has 0 radical (unpaired) electrons. The molecule has 2 atom stereocenters. The van der Waals surface area contributed by atoms with Crippen molar-refractivity contribution in [2.24, 2.45) is 11.3 Å². The summed E-state index contributed by atoms with van der Waals surface area (Å²) in [7, 11) is -1.03. The first kappa shape index (κ1) is 13.7. The smallest absolute Gasteiger partial charge is 0.171 e. The first-order valence-electron chi connectivity index (χ1n) is 6.17. The van der Waals surface area contributed by atoms with Crippen LogP contribution in [0.1, 0.15) is 33.6 Å². The van der Waals surface area contributed by atoms with Crippen LogP contribution in [0.3, 0.4) is 0 Å². The van der Waals surface area contributed by atoms with Crippen molar-refractivity contribution >= 4 is 14.8 Å². The molecule has 1 aliphatic carbocycles. The van der Waals surface area contributed by atoms with Crippen molar-refractivity contribution in [3.63, 3.8) is 0 Å². The lowest BCUT2D eigenvalue weighted by Crippen LogP contribution is -2.39. The fraction of sp³-hybridized carbons (Fsp3) is 0.769. The Morgan fingerprint density at radius 3 is 2.44 bits per heavy atom. The summed E-state index contributed by atoms with van der Waals surface area (Å²) in [5.74, 6) is 0.665. The average Bonchev–Trinajstić information content (AvgIpc) is 2.14. The molecule has 1 aliphatic rings. The summed E-state index contributed by atoms with van der Waals surface area (Å²) in [6.45, 7) is 11.1. The topological polar surface area (TPSA) is 26.3 Å². The number of hydrogen-bond acceptors (Lipinski definition) is 2. The largest absolute Gasteiger partial charge is 0.417 e. The van der Waals surface area contributed by atoms with E-state index in [0.29, 0.717) is 12.3 Å². The van der Waals surface area contributed by atoms with Crippen LogP contribution in [-0.4, -0.2) is 20.9 Å². The molecule has 1 rings (SSSR count). The quantitative estimate of drug-likeness (QED) is 0.709. The van der Waals surface area contributed by atoms with Crippen LogP contribution in [0.5, 0.6) is 0 Å². The highest BCUT2D eigenvalue weighted by Crippen LogP contribution is 2.33. The van der Waals surface area contributed by atoms with Crippen molar-refractivity contribution in [1.82, 2.24) is 0 Å². The van der Waals surface area contributed by atoms with Crippen LogP contribution < -0.4 is 0 Å². The molecule has 0 aliphatic heterocycles. The summed E-state index contributed by atoms with van der Waals surface area (Å²) in [4.78, 5) is 11.2. The lowest BCUT2D eigenvalue weighted by Gasteiger charge is -2.38. The van der Waals surface area contributed by atoms with Crippen molar-refractivity contribution in [3.05, 3.63) is 12.2 Å². The van der Waals surface area contributed by atoms with Crippen LogP contribution in [0.4, 0.5) is 0 Å². The number of rotatable bonds is 3. The predicted molar refractivity (Wildman–Crippen MR) is 70.1 cm³/mol. The highest BCUT2D eigenvalue weighted by Gasteiger charge is 2.33. The highest BCUT2D eigenvalue weighted by atomic mass is 28.3. The van der Waals surface area contributed by atoms with E-state index >= 15 is 0 Å². The Balaban J connectivity index is 2.77. The summed E-state index contributed by atoms with van der Waals surface area (Å²) < 4.78 is 6.17. The van der Waals surface area contributed by atoms with Crippen LogP contribution in [0.15, 0.2) is 12.2 Å². The van der Waals surface area contributed by atoms with Gasteiger partial charge >= 0.3 is 0 Å². The maximum atomic E-state index is 11.2. The maximum absolute atomic E-state index is 11.2. The molecule has 0 heterocycles. The zero-order chi connectivity index (χ0) is 12.3. The van der Waals surface area contributed by atoms with Gasteiger partial charge in [0.25, 0.3) is 0 Å². The molecule has 0 spiro atoms. The molecule has 0 fully saturated rings. The van der Waals surface area contributed by atoms with Crippen LogP contribution in [-0.2, 0) is 9.22 Å². The Hall–Kier alpha value is -0.413. The normalized spacial score (nSPS) is 23.9. The van der Waals surface area contributed by atoms with E-state index in [1.807, 2.05) is 0 Å². The maximum Gasteiger partial charge on any atom is 0.171 e. The minimum absolute atomic E-state index is 0.146. The van der Waals surface area contributed by atoms with Gasteiger partial charge in [-0.05, 0) is 31.0 Å². The van der Waals surface area contributed by atoms with E-state index in [9.17, 15) is 4.79 Å². The molecule has 0 N–H and O–H groups in total. The zero-order valence-electron chi connectivity index (χ0n) is 11.1. The predicted octanol–water partition coefficient (Wildman–Crippen LogP) is 2.94. The molecule has 2 unspecified atom stereocenters. The lowest BCUT2D eigenvalue weighted by atomic mass is 9.77. The van der Waals surface area contributed by atoms with Gasteiger partial charge in [0.15, 0.2) is 14.8 Å². The molecule has 92 valence electrons. The van der Waals surface area contributed by atoms with Crippen LogP contribution in [0.25, 0.3) is 0 Å². The SMILES string of the molecule is C[SiH](C)OC(C1C=CC(=O)CC1)C(C)(C)C. The Kier molecular flexibility index (Phi) is 4.50. The molecular formula is C13H24O2Si. The highest BCUT2D eigenvalue weighted by molar-refractivity contribution is 6.48. The monoisotopic (exact) mass is 240 g/mol. The van der Waals surface area contributed by atoms with Gasteiger partial charge in [-0.2, -0.15) is 0 Å². The van der Waals surface area contributed by atoms with Crippen molar-refractivity contribution in [2.75, 3.05) is 0 Å². The molecule has 16 heavy (non-hydrogen) atoms. The summed E-state index contributed by atoms with van der Waals surface area (Å²) in [5.41, 5.74) is 0.146. The van der Waals surface area contributed by atoms with Crippen molar-refractivity contribution < 1.29 is 9.22 Å². The Morgan fingerprint density at radius 2 is 2.06 bits per heavy atom. The van der Waals surface area contributed by atoms with Gasteiger partial charge in [-0.25, -0.2) is 0 Å². The zero-order valence-corrected chi connectivity index (χ0v) is 12.3. The third-order valence-electron chi connectivity index (χ3n) is 2.91. The van der Waals surface area contributed by atoms with Crippen molar-refractivity contribution in [1.29, 1.82) is 0 Å². The number of hydrogen-bond donors (Lipinski definition) is 0. The van der Waals surface area contributed by atoms with E-state index in [1.165, 1.54) is 0 Å². The molecule has 0 saturated heterocycles. The first-order valence-corrected chi connectivity index (χ1v) is 8.95. The average molecular weight is 240 g/mol. The van der Waals surface area contributed by atoms with E-state index in [-0.39, 0.29) is 17.3 Å². The summed E-state index contributed by atoms with van der Waals surface area (Å²) in [5, 5.41) is 0. The van der Waals surface area contributed by atoms with Gasteiger partial charge < -0.3 is 4.43 Å². The molecule has 0 bridgehead atoms. The van der Waals surface area contributed by atoms with Gasteiger partial charge in [-0.1, -0.05) is 26.8 Å². The standard InChI is InChI=1S/C13H24O2Si/c1-13(2,3)12(15-16(4)5)10-6-8-11(14)9-7-10/h6,8,10,12,16H,7,9H2,1-5H3. The number of carbonyl (C=O) groups is 1. The summed E-state index contributed by atoms with van der Waals surface area (Å²) in [6.07, 6.45) is 5.66. The van der Waals surface area contributed by atoms with Crippen LogP contribution >= 0.6 is 0 Å². The van der Waals surface area contributed by atoms with E-state index in [2.05, 4.69) is 39.9 Å². The fourth-order valence-corrected chi connectivity index (χ4v) is 3.41. The van der Waals surface area contributed by atoms with Gasteiger partial charge in [0.2, 0.25) is 0 Å². The van der Waals surface area contributed by atoms with Gasteiger partial charge in [0.05, 0.1) is 6.10 Å². The Bertz CT molecular complexity index is 276. The molecule has 0 aromatic carbocycles. The lowest BCUT2D eigenvalue weighted by molar-refractivity contribution is -0.115. The van der Waals surface area contributed by atoms with Gasteiger partial charge in [0, 0.05) is 12.3 Å². The molecule has 0 amide bonds. The second kappa shape index (κ2) is 5.28. The summed E-state index contributed by atoms with van der Waals surface area (Å²) >= 11 is 0.